The van der Waals surface area contributed by atoms with Crippen LogP contribution in [0.3, 0.4) is 0 Å². The fraction of sp³-hybridized carbons (Fsp3) is 0.346. The highest BCUT2D eigenvalue weighted by molar-refractivity contribution is 5.95. The molecule has 188 valence electrons. The molecular formula is C26H26F2N4O4. The summed E-state index contributed by atoms with van der Waals surface area (Å²) in [5.41, 5.74) is 2.33. The molecule has 2 aromatic carbocycles. The van der Waals surface area contributed by atoms with E-state index in [1.54, 1.807) is 18.3 Å². The third-order valence-electron chi connectivity index (χ3n) is 6.76. The highest BCUT2D eigenvalue weighted by atomic mass is 19.2. The number of carbonyl (C=O) groups is 2. The Hall–Kier alpha value is -3.79. The van der Waals surface area contributed by atoms with E-state index in [0.29, 0.717) is 38.2 Å². The molecule has 1 fully saturated rings. The molecule has 1 N–H and O–H groups in total. The van der Waals surface area contributed by atoms with Crippen molar-refractivity contribution < 1.29 is 27.8 Å². The second-order valence-corrected chi connectivity index (χ2v) is 8.95. The van der Waals surface area contributed by atoms with Gasteiger partial charge >= 0.3 is 0 Å². The number of nitrogens with zero attached hydrogens (tertiary/aromatic N) is 3. The van der Waals surface area contributed by atoms with Crippen molar-refractivity contribution in [3.05, 3.63) is 77.4 Å². The third kappa shape index (κ3) is 4.81. The van der Waals surface area contributed by atoms with E-state index in [2.05, 4.69) is 10.3 Å². The number of imidazole rings is 1. The molecule has 2 aliphatic heterocycles. The van der Waals surface area contributed by atoms with Gasteiger partial charge in [0, 0.05) is 30.8 Å². The molecule has 2 amide bonds. The van der Waals surface area contributed by atoms with Crippen LogP contribution in [0.2, 0.25) is 0 Å². The summed E-state index contributed by atoms with van der Waals surface area (Å²) in [6.45, 7) is 1.62. The quantitative estimate of drug-likeness (QED) is 0.579. The first-order valence-electron chi connectivity index (χ1n) is 11.8. The minimum Gasteiger partial charge on any atom is -0.497 e. The minimum absolute atomic E-state index is 0.149. The summed E-state index contributed by atoms with van der Waals surface area (Å²) < 4.78 is 39.7. The Labute approximate surface area is 206 Å². The van der Waals surface area contributed by atoms with Crippen LogP contribution in [0.5, 0.6) is 5.75 Å². The maximum absolute atomic E-state index is 13.4. The number of rotatable bonds is 5. The Morgan fingerprint density at radius 2 is 1.83 bits per heavy atom. The number of hydrogen-bond acceptors (Lipinski definition) is 5. The van der Waals surface area contributed by atoms with Crippen LogP contribution in [0.25, 0.3) is 0 Å². The molecule has 0 unspecified atom stereocenters. The lowest BCUT2D eigenvalue weighted by Crippen LogP contribution is -2.42. The van der Waals surface area contributed by atoms with Gasteiger partial charge in [0.2, 0.25) is 5.91 Å². The van der Waals surface area contributed by atoms with E-state index in [9.17, 15) is 18.4 Å². The zero-order valence-corrected chi connectivity index (χ0v) is 19.7. The number of carbonyl (C=O) groups excluding carboxylic acids is 2. The van der Waals surface area contributed by atoms with Gasteiger partial charge in [0.05, 0.1) is 32.3 Å². The lowest BCUT2D eigenvalue weighted by Gasteiger charge is -2.31. The fourth-order valence-corrected chi connectivity index (χ4v) is 4.64. The van der Waals surface area contributed by atoms with Crippen molar-refractivity contribution in [2.24, 2.45) is 5.92 Å². The Morgan fingerprint density at radius 3 is 2.53 bits per heavy atom. The minimum atomic E-state index is -1.02. The van der Waals surface area contributed by atoms with Crippen LogP contribution in [0.1, 0.15) is 40.7 Å². The molecule has 2 aliphatic rings. The molecule has 1 aromatic heterocycles. The number of nitrogens with one attached hydrogen (secondary N) is 1. The second kappa shape index (κ2) is 10.1. The van der Waals surface area contributed by atoms with Crippen LogP contribution in [-0.4, -0.2) is 46.5 Å². The number of aromatic nitrogens is 2. The summed E-state index contributed by atoms with van der Waals surface area (Å²) in [6.07, 6.45) is 2.45. The molecule has 10 heteroatoms. The highest BCUT2D eigenvalue weighted by Gasteiger charge is 2.32. The zero-order chi connectivity index (χ0) is 25.2. The van der Waals surface area contributed by atoms with Crippen molar-refractivity contribution in [3.63, 3.8) is 0 Å². The topological polar surface area (TPSA) is 85.7 Å². The molecular weight excluding hydrogens is 470 g/mol. The third-order valence-corrected chi connectivity index (χ3v) is 6.76. The first-order valence-corrected chi connectivity index (χ1v) is 11.8. The molecule has 5 rings (SSSR count). The average molecular weight is 497 g/mol. The molecule has 0 saturated carbocycles. The Kier molecular flexibility index (Phi) is 6.69. The number of halogens is 2. The van der Waals surface area contributed by atoms with E-state index < -0.39 is 11.6 Å². The summed E-state index contributed by atoms with van der Waals surface area (Å²) in [5.74, 6) is -2.00. The van der Waals surface area contributed by atoms with Gasteiger partial charge in [-0.1, -0.05) is 12.1 Å². The summed E-state index contributed by atoms with van der Waals surface area (Å²) in [6, 6.07) is 10.9. The molecule has 0 spiro atoms. The summed E-state index contributed by atoms with van der Waals surface area (Å²) in [5, 5.41) is 2.63. The van der Waals surface area contributed by atoms with Crippen molar-refractivity contribution in [3.8, 4) is 5.75 Å². The molecule has 8 nitrogen and oxygen atoms in total. The summed E-state index contributed by atoms with van der Waals surface area (Å²) >= 11 is 0. The van der Waals surface area contributed by atoms with E-state index in [1.807, 2.05) is 28.8 Å². The number of likely N-dealkylation sites (tertiary alicyclic amines) is 1. The number of amides is 2. The number of ether oxygens (including phenoxy) is 2. The number of piperidine rings is 1. The smallest absolute Gasteiger partial charge is 0.274 e. The molecule has 36 heavy (non-hydrogen) atoms. The van der Waals surface area contributed by atoms with Crippen LogP contribution < -0.4 is 10.1 Å². The number of anilines is 1. The molecule has 1 saturated heterocycles. The van der Waals surface area contributed by atoms with Gasteiger partial charge < -0.3 is 24.3 Å². The van der Waals surface area contributed by atoms with E-state index in [4.69, 9.17) is 9.47 Å². The van der Waals surface area contributed by atoms with Crippen molar-refractivity contribution in [1.82, 2.24) is 14.5 Å². The Bertz CT molecular complexity index is 1270. The fourth-order valence-electron chi connectivity index (χ4n) is 4.64. The van der Waals surface area contributed by atoms with Gasteiger partial charge in [-0.3, -0.25) is 9.59 Å². The van der Waals surface area contributed by atoms with Crippen molar-refractivity contribution in [1.29, 1.82) is 0 Å². The van der Waals surface area contributed by atoms with Crippen LogP contribution in [0.4, 0.5) is 14.5 Å². The molecule has 0 bridgehead atoms. The van der Waals surface area contributed by atoms with E-state index in [1.165, 1.54) is 6.07 Å². The zero-order valence-electron chi connectivity index (χ0n) is 19.7. The van der Waals surface area contributed by atoms with Crippen molar-refractivity contribution in [2.75, 3.05) is 25.5 Å². The monoisotopic (exact) mass is 496 g/mol. The normalized spacial score (nSPS) is 18.0. The maximum atomic E-state index is 13.4. The van der Waals surface area contributed by atoms with E-state index >= 15 is 0 Å². The SMILES string of the molecule is COc1ccc([C@@H]2Cn3cnc(C(=O)N4CCC(C(=O)Nc5ccc(F)c(F)c5)CC4)c3CO2)cc1. The molecule has 3 aromatic rings. The predicted octanol–water partition coefficient (Wildman–Crippen LogP) is 3.93. The summed E-state index contributed by atoms with van der Waals surface area (Å²) in [7, 11) is 1.62. The van der Waals surface area contributed by atoms with Gasteiger partial charge in [-0.15, -0.1) is 0 Å². The number of benzene rings is 2. The van der Waals surface area contributed by atoms with Crippen LogP contribution >= 0.6 is 0 Å². The Balaban J connectivity index is 1.18. The van der Waals surface area contributed by atoms with Gasteiger partial charge in [-0.2, -0.15) is 0 Å². The van der Waals surface area contributed by atoms with Gasteiger partial charge in [0.25, 0.3) is 5.91 Å². The molecule has 0 radical (unpaired) electrons. The maximum Gasteiger partial charge on any atom is 0.274 e. The molecule has 0 aliphatic carbocycles. The highest BCUT2D eigenvalue weighted by Crippen LogP contribution is 2.30. The Morgan fingerprint density at radius 1 is 1.08 bits per heavy atom. The van der Waals surface area contributed by atoms with E-state index in [0.717, 1.165) is 29.1 Å². The molecule has 1 atom stereocenters. The van der Waals surface area contributed by atoms with Crippen molar-refractivity contribution >= 4 is 17.5 Å². The number of fused-ring (bicyclic) bond motifs is 1. The van der Waals surface area contributed by atoms with Crippen LogP contribution in [-0.2, 0) is 22.7 Å². The van der Waals surface area contributed by atoms with Crippen molar-refractivity contribution in [2.45, 2.75) is 32.1 Å². The largest absolute Gasteiger partial charge is 0.497 e. The van der Waals surface area contributed by atoms with Gasteiger partial charge in [0.1, 0.15) is 11.9 Å². The predicted molar refractivity (Wildman–Crippen MR) is 126 cm³/mol. The van der Waals surface area contributed by atoms with Gasteiger partial charge in [-0.25, -0.2) is 13.8 Å². The average Bonchev–Trinajstić information content (AvgIpc) is 3.34. The van der Waals surface area contributed by atoms with Gasteiger partial charge in [0.15, 0.2) is 17.3 Å². The first-order chi connectivity index (χ1) is 17.4. The second-order valence-electron chi connectivity index (χ2n) is 8.95. The molecule has 3 heterocycles. The van der Waals surface area contributed by atoms with Crippen LogP contribution in [0, 0.1) is 17.6 Å². The lowest BCUT2D eigenvalue weighted by atomic mass is 9.95. The lowest BCUT2D eigenvalue weighted by molar-refractivity contribution is -0.121. The number of hydrogen-bond donors (Lipinski definition) is 1. The van der Waals surface area contributed by atoms with Crippen LogP contribution in [0.15, 0.2) is 48.8 Å². The standard InChI is InChI=1S/C26H26F2N4O4/c1-35-19-5-2-16(3-6-19)23-13-32-15-29-24(22(32)14-36-23)26(34)31-10-8-17(9-11-31)25(33)30-18-4-7-20(27)21(28)12-18/h2-7,12,15,17,23H,8-11,13-14H2,1H3,(H,30,33)/t23-/m0/s1. The van der Waals surface area contributed by atoms with E-state index in [-0.39, 0.29) is 36.1 Å². The summed E-state index contributed by atoms with van der Waals surface area (Å²) in [4.78, 5) is 31.8. The first kappa shape index (κ1) is 23.9. The number of methoxy groups -OCH3 is 1. The van der Waals surface area contributed by atoms with Gasteiger partial charge in [-0.05, 0) is 42.7 Å².